The fourth-order valence-corrected chi connectivity index (χ4v) is 3.24. The van der Waals surface area contributed by atoms with Gasteiger partial charge in [0.2, 0.25) is 5.91 Å². The topological polar surface area (TPSA) is 35.6 Å². The van der Waals surface area contributed by atoms with Gasteiger partial charge in [-0.15, -0.1) is 0 Å². The first kappa shape index (κ1) is 19.4. The molecule has 0 spiro atoms. The van der Waals surface area contributed by atoms with Crippen LogP contribution >= 0.6 is 0 Å². The number of hydrogen-bond acceptors (Lipinski definition) is 3. The maximum absolute atomic E-state index is 11.7. The SMILES string of the molecule is CC.CC(C)C(=O)NC1CCN(CC2CCN(C)CC2)CC1. The predicted molar refractivity (Wildman–Crippen MR) is 94.0 cm³/mol. The third kappa shape index (κ3) is 6.66. The van der Waals surface area contributed by atoms with Crippen molar-refractivity contribution in [1.29, 1.82) is 0 Å². The average Bonchev–Trinajstić information content (AvgIpc) is 2.53. The predicted octanol–water partition coefficient (Wildman–Crippen LogP) is 2.59. The molecule has 2 rings (SSSR count). The quantitative estimate of drug-likeness (QED) is 0.867. The van der Waals surface area contributed by atoms with E-state index in [0.29, 0.717) is 6.04 Å². The highest BCUT2D eigenvalue weighted by Gasteiger charge is 2.24. The van der Waals surface area contributed by atoms with E-state index in [9.17, 15) is 4.79 Å². The summed E-state index contributed by atoms with van der Waals surface area (Å²) >= 11 is 0. The van der Waals surface area contributed by atoms with Crippen LogP contribution in [0.5, 0.6) is 0 Å². The van der Waals surface area contributed by atoms with Gasteiger partial charge in [-0.2, -0.15) is 0 Å². The number of carbonyl (C=O) groups excluding carboxylic acids is 1. The van der Waals surface area contributed by atoms with Gasteiger partial charge in [-0.3, -0.25) is 4.79 Å². The Morgan fingerprint density at radius 2 is 1.59 bits per heavy atom. The molecule has 0 radical (unpaired) electrons. The summed E-state index contributed by atoms with van der Waals surface area (Å²) in [6.45, 7) is 14.0. The highest BCUT2D eigenvalue weighted by atomic mass is 16.1. The van der Waals surface area contributed by atoms with Gasteiger partial charge in [0.1, 0.15) is 0 Å². The molecule has 1 amide bonds. The largest absolute Gasteiger partial charge is 0.353 e. The van der Waals surface area contributed by atoms with Crippen molar-refractivity contribution in [3.05, 3.63) is 0 Å². The Balaban J connectivity index is 0.00000116. The fraction of sp³-hybridized carbons (Fsp3) is 0.944. The molecule has 0 aromatic heterocycles. The van der Waals surface area contributed by atoms with Crippen molar-refractivity contribution in [2.45, 2.75) is 59.4 Å². The summed E-state index contributed by atoms with van der Waals surface area (Å²) in [4.78, 5) is 16.8. The number of rotatable bonds is 4. The Morgan fingerprint density at radius 1 is 1.05 bits per heavy atom. The minimum atomic E-state index is 0.104. The summed E-state index contributed by atoms with van der Waals surface area (Å²) < 4.78 is 0. The van der Waals surface area contributed by atoms with E-state index in [1.807, 2.05) is 27.7 Å². The highest BCUT2D eigenvalue weighted by molar-refractivity contribution is 5.78. The van der Waals surface area contributed by atoms with Crippen molar-refractivity contribution in [2.24, 2.45) is 11.8 Å². The first-order valence-electron chi connectivity index (χ1n) is 9.26. The molecule has 2 aliphatic rings. The summed E-state index contributed by atoms with van der Waals surface area (Å²) in [5, 5.41) is 3.18. The van der Waals surface area contributed by atoms with Gasteiger partial charge in [0.25, 0.3) is 0 Å². The number of piperidine rings is 2. The van der Waals surface area contributed by atoms with Crippen molar-refractivity contribution in [3.8, 4) is 0 Å². The van der Waals surface area contributed by atoms with E-state index < -0.39 is 0 Å². The monoisotopic (exact) mass is 311 g/mol. The van der Waals surface area contributed by atoms with Crippen LogP contribution < -0.4 is 5.32 Å². The molecule has 0 aromatic carbocycles. The zero-order valence-electron chi connectivity index (χ0n) is 15.4. The van der Waals surface area contributed by atoms with Crippen molar-refractivity contribution in [2.75, 3.05) is 39.8 Å². The maximum Gasteiger partial charge on any atom is 0.222 e. The fourth-order valence-electron chi connectivity index (χ4n) is 3.24. The first-order valence-corrected chi connectivity index (χ1v) is 9.26. The third-order valence-corrected chi connectivity index (χ3v) is 4.81. The van der Waals surface area contributed by atoms with Gasteiger partial charge in [0, 0.05) is 31.6 Å². The van der Waals surface area contributed by atoms with Crippen LogP contribution in [0.2, 0.25) is 0 Å². The summed E-state index contributed by atoms with van der Waals surface area (Å²) in [7, 11) is 2.22. The van der Waals surface area contributed by atoms with Crippen LogP contribution in [0.4, 0.5) is 0 Å². The van der Waals surface area contributed by atoms with E-state index in [-0.39, 0.29) is 11.8 Å². The summed E-state index contributed by atoms with van der Waals surface area (Å²) in [5.74, 6) is 1.19. The zero-order chi connectivity index (χ0) is 16.5. The Bertz CT molecular complexity index is 303. The standard InChI is InChI=1S/C16H31N3O.C2H6/c1-13(2)16(20)17-15-6-10-19(11-7-15)12-14-4-8-18(3)9-5-14;1-2/h13-15H,4-12H2,1-3H3,(H,17,20);1-2H3. The minimum Gasteiger partial charge on any atom is -0.353 e. The highest BCUT2D eigenvalue weighted by Crippen LogP contribution is 2.20. The molecule has 2 saturated heterocycles. The molecule has 0 bridgehead atoms. The van der Waals surface area contributed by atoms with Gasteiger partial charge in [0.15, 0.2) is 0 Å². The number of nitrogens with one attached hydrogen (secondary N) is 1. The molecule has 0 saturated carbocycles. The van der Waals surface area contributed by atoms with Gasteiger partial charge in [-0.1, -0.05) is 27.7 Å². The molecule has 130 valence electrons. The normalized spacial score (nSPS) is 22.3. The smallest absolute Gasteiger partial charge is 0.222 e. The first-order chi connectivity index (χ1) is 10.5. The van der Waals surface area contributed by atoms with Gasteiger partial charge >= 0.3 is 0 Å². The van der Waals surface area contributed by atoms with Crippen LogP contribution in [0.25, 0.3) is 0 Å². The van der Waals surface area contributed by atoms with Gasteiger partial charge in [0.05, 0.1) is 0 Å². The second kappa shape index (κ2) is 10.2. The molecular formula is C18H37N3O. The second-order valence-electron chi connectivity index (χ2n) is 6.98. The lowest BCUT2D eigenvalue weighted by molar-refractivity contribution is -0.125. The van der Waals surface area contributed by atoms with Crippen LogP contribution in [0.3, 0.4) is 0 Å². The lowest BCUT2D eigenvalue weighted by Gasteiger charge is -2.37. The second-order valence-corrected chi connectivity index (χ2v) is 6.98. The minimum absolute atomic E-state index is 0.104. The van der Waals surface area contributed by atoms with Crippen molar-refractivity contribution < 1.29 is 4.79 Å². The van der Waals surface area contributed by atoms with E-state index in [0.717, 1.165) is 31.8 Å². The van der Waals surface area contributed by atoms with Crippen LogP contribution in [-0.2, 0) is 4.79 Å². The Labute approximate surface area is 137 Å². The third-order valence-electron chi connectivity index (χ3n) is 4.81. The molecule has 1 N–H and O–H groups in total. The molecule has 0 aromatic rings. The van der Waals surface area contributed by atoms with Gasteiger partial charge in [-0.05, 0) is 51.7 Å². The van der Waals surface area contributed by atoms with E-state index >= 15 is 0 Å². The van der Waals surface area contributed by atoms with Crippen molar-refractivity contribution in [1.82, 2.24) is 15.1 Å². The summed E-state index contributed by atoms with van der Waals surface area (Å²) in [6, 6.07) is 0.402. The Morgan fingerprint density at radius 3 is 2.09 bits per heavy atom. The molecule has 22 heavy (non-hydrogen) atoms. The van der Waals surface area contributed by atoms with E-state index in [4.69, 9.17) is 0 Å². The number of likely N-dealkylation sites (tertiary alicyclic amines) is 2. The van der Waals surface area contributed by atoms with Crippen LogP contribution in [0, 0.1) is 11.8 Å². The van der Waals surface area contributed by atoms with Crippen LogP contribution in [-0.4, -0.2) is 61.5 Å². The van der Waals surface area contributed by atoms with E-state index in [1.165, 1.54) is 32.5 Å². The Hall–Kier alpha value is -0.610. The molecule has 4 nitrogen and oxygen atoms in total. The maximum atomic E-state index is 11.7. The number of carbonyl (C=O) groups is 1. The average molecular weight is 312 g/mol. The molecular weight excluding hydrogens is 274 g/mol. The number of amides is 1. The molecule has 4 heteroatoms. The van der Waals surface area contributed by atoms with Gasteiger partial charge in [-0.25, -0.2) is 0 Å². The van der Waals surface area contributed by atoms with Gasteiger partial charge < -0.3 is 15.1 Å². The zero-order valence-corrected chi connectivity index (χ0v) is 15.4. The summed E-state index contributed by atoms with van der Waals surface area (Å²) in [6.07, 6.45) is 4.93. The molecule has 0 unspecified atom stereocenters. The molecule has 2 heterocycles. The van der Waals surface area contributed by atoms with E-state index in [1.54, 1.807) is 0 Å². The van der Waals surface area contributed by atoms with Crippen LogP contribution in [0.1, 0.15) is 53.4 Å². The lowest BCUT2D eigenvalue weighted by atomic mass is 9.95. The van der Waals surface area contributed by atoms with E-state index in [2.05, 4.69) is 22.2 Å². The lowest BCUT2D eigenvalue weighted by Crippen LogP contribution is -2.47. The van der Waals surface area contributed by atoms with Crippen molar-refractivity contribution >= 4 is 5.91 Å². The molecule has 0 atom stereocenters. The van der Waals surface area contributed by atoms with Crippen molar-refractivity contribution in [3.63, 3.8) is 0 Å². The Kier molecular flexibility index (Phi) is 9.03. The van der Waals surface area contributed by atoms with Crippen LogP contribution in [0.15, 0.2) is 0 Å². The number of nitrogens with zero attached hydrogens (tertiary/aromatic N) is 2. The molecule has 2 fully saturated rings. The number of hydrogen-bond donors (Lipinski definition) is 1. The molecule has 2 aliphatic heterocycles. The summed E-state index contributed by atoms with van der Waals surface area (Å²) in [5.41, 5.74) is 0. The molecule has 0 aliphatic carbocycles.